The maximum Gasteiger partial charge on any atom is 0.202 e. The highest BCUT2D eigenvalue weighted by atomic mass is 31.2. The van der Waals surface area contributed by atoms with Crippen molar-refractivity contribution in [2.45, 2.75) is 33.6 Å². The van der Waals surface area contributed by atoms with E-state index in [1.165, 1.54) is 0 Å². The number of hydrogen-bond donors (Lipinski definition) is 0. The summed E-state index contributed by atoms with van der Waals surface area (Å²) in [5.74, 6) is 0.509. The molecule has 13 heavy (non-hydrogen) atoms. The molecule has 1 aliphatic rings. The van der Waals surface area contributed by atoms with Gasteiger partial charge in [-0.1, -0.05) is 20.8 Å². The van der Waals surface area contributed by atoms with Gasteiger partial charge in [-0.25, -0.2) is 0 Å². The van der Waals surface area contributed by atoms with Gasteiger partial charge in [-0.15, -0.1) is 0 Å². The highest BCUT2D eigenvalue weighted by Gasteiger charge is 2.34. The molecule has 0 unspecified atom stereocenters. The van der Waals surface area contributed by atoms with E-state index >= 15 is 0 Å². The smallest absolute Gasteiger partial charge is 0.202 e. The third-order valence-electron chi connectivity index (χ3n) is 3.03. The SMILES string of the molecule is [2H]C([2H])([2H])OP1(=O)CCC(C(C)(C)C)CC1. The van der Waals surface area contributed by atoms with Crippen LogP contribution < -0.4 is 0 Å². The Bertz CT molecular complexity index is 281. The Hall–Kier alpha value is 0.190. The molecule has 2 nitrogen and oxygen atoms in total. The third-order valence-corrected chi connectivity index (χ3v) is 5.24. The van der Waals surface area contributed by atoms with Crippen LogP contribution in [-0.4, -0.2) is 19.4 Å². The first-order valence-corrected chi connectivity index (χ1v) is 6.80. The normalized spacial score (nSPS) is 40.5. The average Bonchev–Trinajstić information content (AvgIpc) is 1.98. The van der Waals surface area contributed by atoms with Crippen molar-refractivity contribution in [1.82, 2.24) is 0 Å². The minimum absolute atomic E-state index is 0.200. The topological polar surface area (TPSA) is 26.3 Å². The second-order valence-corrected chi connectivity index (χ2v) is 7.70. The van der Waals surface area contributed by atoms with Crippen molar-refractivity contribution in [3.8, 4) is 0 Å². The van der Waals surface area contributed by atoms with Crippen LogP contribution in [0.25, 0.3) is 0 Å². The van der Waals surface area contributed by atoms with Gasteiger partial charge in [0.15, 0.2) is 0 Å². The molecule has 0 aromatic carbocycles. The minimum Gasteiger partial charge on any atom is -0.332 e. The maximum atomic E-state index is 12.1. The maximum absolute atomic E-state index is 12.1. The summed E-state index contributed by atoms with van der Waals surface area (Å²) in [5.41, 5.74) is 0.200. The van der Waals surface area contributed by atoms with Gasteiger partial charge in [-0.2, -0.15) is 0 Å². The third kappa shape index (κ3) is 2.82. The van der Waals surface area contributed by atoms with E-state index in [1.807, 2.05) is 0 Å². The van der Waals surface area contributed by atoms with Gasteiger partial charge in [0, 0.05) is 19.4 Å². The Morgan fingerprint density at radius 3 is 2.31 bits per heavy atom. The fourth-order valence-corrected chi connectivity index (χ4v) is 3.73. The van der Waals surface area contributed by atoms with Crippen LogP contribution in [0.2, 0.25) is 0 Å². The first-order valence-electron chi connectivity index (χ1n) is 6.31. The van der Waals surface area contributed by atoms with Gasteiger partial charge in [0.05, 0.1) is 4.11 Å². The monoisotopic (exact) mass is 207 g/mol. The van der Waals surface area contributed by atoms with E-state index in [1.54, 1.807) is 0 Å². The summed E-state index contributed by atoms with van der Waals surface area (Å²) in [6.45, 7) is 6.50. The molecule has 0 amide bonds. The summed E-state index contributed by atoms with van der Waals surface area (Å²) >= 11 is 0. The highest BCUT2D eigenvalue weighted by molar-refractivity contribution is 7.59. The molecule has 0 aliphatic carbocycles. The molecule has 0 saturated carbocycles. The quantitative estimate of drug-likeness (QED) is 0.616. The van der Waals surface area contributed by atoms with Gasteiger partial charge < -0.3 is 4.52 Å². The van der Waals surface area contributed by atoms with Crippen molar-refractivity contribution >= 4 is 7.37 Å². The van der Waals surface area contributed by atoms with E-state index in [0.717, 1.165) is 12.8 Å². The Morgan fingerprint density at radius 2 is 1.92 bits per heavy atom. The van der Waals surface area contributed by atoms with Gasteiger partial charge in [0.2, 0.25) is 7.37 Å². The van der Waals surface area contributed by atoms with E-state index in [-0.39, 0.29) is 5.41 Å². The summed E-state index contributed by atoms with van der Waals surface area (Å²) in [7, 11) is -5.43. The lowest BCUT2D eigenvalue weighted by Crippen LogP contribution is -2.26. The molecule has 0 aromatic rings. The molecular formula is C10H21O2P. The van der Waals surface area contributed by atoms with Crippen LogP contribution in [0.4, 0.5) is 0 Å². The Kier molecular flexibility index (Phi) is 2.15. The van der Waals surface area contributed by atoms with Crippen LogP contribution in [0.1, 0.15) is 37.7 Å². The average molecular weight is 207 g/mol. The predicted molar refractivity (Wildman–Crippen MR) is 56.5 cm³/mol. The van der Waals surface area contributed by atoms with Gasteiger partial charge in [-0.05, 0) is 24.2 Å². The minimum atomic E-state index is -2.90. The summed E-state index contributed by atoms with van der Waals surface area (Å²) in [4.78, 5) is 0. The van der Waals surface area contributed by atoms with Crippen molar-refractivity contribution in [3.05, 3.63) is 0 Å². The van der Waals surface area contributed by atoms with Crippen LogP contribution in [0, 0.1) is 11.3 Å². The first kappa shape index (κ1) is 7.48. The van der Waals surface area contributed by atoms with E-state index < -0.39 is 14.4 Å². The second-order valence-electron chi connectivity index (χ2n) is 4.99. The molecule has 0 aromatic heterocycles. The standard InChI is InChI=1S/C10H21O2P/c1-10(2,3)9-5-7-13(11,12-4)8-6-9/h9H,5-8H2,1-4H3/i4D3. The Balaban J connectivity index is 2.58. The van der Waals surface area contributed by atoms with E-state index in [2.05, 4.69) is 20.8 Å². The van der Waals surface area contributed by atoms with Gasteiger partial charge in [0.1, 0.15) is 0 Å². The predicted octanol–water partition coefficient (Wildman–Crippen LogP) is 3.37. The molecule has 0 atom stereocenters. The summed E-state index contributed by atoms with van der Waals surface area (Å²) in [5, 5.41) is 0. The lowest BCUT2D eigenvalue weighted by molar-refractivity contribution is 0.215. The fourth-order valence-electron chi connectivity index (χ4n) is 1.92. The van der Waals surface area contributed by atoms with E-state index in [4.69, 9.17) is 8.64 Å². The molecule has 1 heterocycles. The molecule has 3 heteroatoms. The first-order chi connectivity index (χ1) is 7.02. The highest BCUT2D eigenvalue weighted by Crippen LogP contribution is 2.54. The number of hydrogen-bond acceptors (Lipinski definition) is 2. The molecule has 1 saturated heterocycles. The van der Waals surface area contributed by atoms with Crippen molar-refractivity contribution < 1.29 is 13.2 Å². The molecule has 0 bridgehead atoms. The zero-order valence-electron chi connectivity index (χ0n) is 11.7. The van der Waals surface area contributed by atoms with Gasteiger partial charge in [-0.3, -0.25) is 4.57 Å². The summed E-state index contributed by atoms with van der Waals surface area (Å²) < 4.78 is 37.9. The van der Waals surface area contributed by atoms with Crippen LogP contribution in [0.3, 0.4) is 0 Å². The fraction of sp³-hybridized carbons (Fsp3) is 1.00. The van der Waals surface area contributed by atoms with E-state index in [9.17, 15) is 4.57 Å². The van der Waals surface area contributed by atoms with Crippen molar-refractivity contribution in [2.75, 3.05) is 19.4 Å². The zero-order chi connectivity index (χ0) is 12.6. The van der Waals surface area contributed by atoms with Crippen LogP contribution >= 0.6 is 7.37 Å². The van der Waals surface area contributed by atoms with Crippen molar-refractivity contribution in [3.63, 3.8) is 0 Å². The molecule has 0 N–H and O–H groups in total. The Morgan fingerprint density at radius 1 is 1.38 bits per heavy atom. The van der Waals surface area contributed by atoms with Crippen molar-refractivity contribution in [2.24, 2.45) is 11.3 Å². The lowest BCUT2D eigenvalue weighted by atomic mass is 9.77. The molecule has 0 spiro atoms. The lowest BCUT2D eigenvalue weighted by Gasteiger charge is -2.36. The molecule has 0 radical (unpaired) electrons. The number of rotatable bonds is 1. The van der Waals surface area contributed by atoms with Crippen LogP contribution in [0.15, 0.2) is 0 Å². The van der Waals surface area contributed by atoms with Crippen LogP contribution in [-0.2, 0) is 9.09 Å². The summed E-state index contributed by atoms with van der Waals surface area (Å²) in [6.07, 6.45) is 2.42. The largest absolute Gasteiger partial charge is 0.332 e. The summed E-state index contributed by atoms with van der Waals surface area (Å²) in [6, 6.07) is 0. The Labute approximate surface area is 85.7 Å². The molecule has 1 rings (SSSR count). The molecule has 1 fully saturated rings. The zero-order valence-corrected chi connectivity index (χ0v) is 9.56. The van der Waals surface area contributed by atoms with Crippen molar-refractivity contribution in [1.29, 1.82) is 0 Å². The molecule has 1 aliphatic heterocycles. The molecule has 78 valence electrons. The molecular weight excluding hydrogens is 183 g/mol. The van der Waals surface area contributed by atoms with Crippen LogP contribution in [0.5, 0.6) is 0 Å². The van der Waals surface area contributed by atoms with E-state index in [0.29, 0.717) is 18.2 Å². The van der Waals surface area contributed by atoms with Gasteiger partial charge in [0.25, 0.3) is 0 Å². The van der Waals surface area contributed by atoms with Gasteiger partial charge >= 0.3 is 0 Å². The second kappa shape index (κ2) is 3.74.